The minimum absolute atomic E-state index is 0.209. The molecule has 0 aliphatic carbocycles. The molecule has 1 aromatic carbocycles. The van der Waals surface area contributed by atoms with Crippen molar-refractivity contribution in [1.29, 1.82) is 0 Å². The molecule has 4 heteroatoms. The Morgan fingerprint density at radius 1 is 1.53 bits per heavy atom. The van der Waals surface area contributed by atoms with E-state index < -0.39 is 0 Å². The Balaban J connectivity index is 2.00. The lowest BCUT2D eigenvalue weighted by Crippen LogP contribution is -2.21. The number of rotatable bonds is 6. The highest BCUT2D eigenvalue weighted by atomic mass is 35.5. The van der Waals surface area contributed by atoms with E-state index in [0.717, 1.165) is 30.2 Å². The van der Waals surface area contributed by atoms with Crippen LogP contribution in [-0.4, -0.2) is 24.5 Å². The summed E-state index contributed by atoms with van der Waals surface area (Å²) in [6, 6.07) is 6.33. The quantitative estimate of drug-likeness (QED) is 0.809. The minimum atomic E-state index is 0.209. The molecule has 0 saturated carbocycles. The first-order valence-electron chi connectivity index (χ1n) is 6.97. The molecule has 106 valence electrons. The number of benzene rings is 1. The van der Waals surface area contributed by atoms with Gasteiger partial charge in [0, 0.05) is 28.3 Å². The molecule has 1 heterocycles. The van der Waals surface area contributed by atoms with Crippen LogP contribution in [0.2, 0.25) is 5.02 Å². The molecule has 2 nitrogen and oxygen atoms in total. The van der Waals surface area contributed by atoms with Crippen molar-refractivity contribution < 1.29 is 4.74 Å². The Bertz CT molecular complexity index is 407. The first-order valence-corrected chi connectivity index (χ1v) is 8.33. The van der Waals surface area contributed by atoms with Gasteiger partial charge in [-0.1, -0.05) is 18.5 Å². The van der Waals surface area contributed by atoms with Crippen LogP contribution in [0.1, 0.15) is 31.7 Å². The van der Waals surface area contributed by atoms with Gasteiger partial charge in [0.15, 0.2) is 0 Å². The van der Waals surface area contributed by atoms with E-state index in [1.54, 1.807) is 0 Å². The lowest BCUT2D eigenvalue weighted by Gasteiger charge is -2.15. The van der Waals surface area contributed by atoms with E-state index in [2.05, 4.69) is 19.1 Å². The molecule has 0 bridgehead atoms. The molecule has 1 aliphatic rings. The number of hydrogen-bond acceptors (Lipinski definition) is 3. The van der Waals surface area contributed by atoms with E-state index >= 15 is 0 Å². The lowest BCUT2D eigenvalue weighted by molar-refractivity contribution is 0.129. The highest BCUT2D eigenvalue weighted by Gasteiger charge is 2.16. The molecule has 1 saturated heterocycles. The number of nitrogens with two attached hydrogens (primary N) is 1. The van der Waals surface area contributed by atoms with E-state index in [9.17, 15) is 0 Å². The zero-order valence-electron chi connectivity index (χ0n) is 11.4. The highest BCUT2D eigenvalue weighted by Crippen LogP contribution is 2.29. The highest BCUT2D eigenvalue weighted by molar-refractivity contribution is 7.99. The Kier molecular flexibility index (Phi) is 6.02. The van der Waals surface area contributed by atoms with Crippen LogP contribution >= 0.6 is 23.4 Å². The van der Waals surface area contributed by atoms with Gasteiger partial charge in [-0.15, -0.1) is 11.8 Å². The molecule has 0 radical (unpaired) electrons. The maximum absolute atomic E-state index is 6.10. The summed E-state index contributed by atoms with van der Waals surface area (Å²) < 4.78 is 5.67. The zero-order chi connectivity index (χ0) is 13.7. The van der Waals surface area contributed by atoms with Gasteiger partial charge in [-0.2, -0.15) is 0 Å². The molecule has 0 amide bonds. The van der Waals surface area contributed by atoms with Crippen LogP contribution in [0.3, 0.4) is 0 Å². The molecule has 1 aliphatic heterocycles. The molecule has 2 atom stereocenters. The molecule has 2 unspecified atom stereocenters. The van der Waals surface area contributed by atoms with Crippen molar-refractivity contribution in [3.63, 3.8) is 0 Å². The van der Waals surface area contributed by atoms with Gasteiger partial charge in [0.25, 0.3) is 0 Å². The van der Waals surface area contributed by atoms with Crippen LogP contribution in [0.15, 0.2) is 23.1 Å². The first kappa shape index (κ1) is 15.2. The standard InChI is InChI=1S/C15H22ClNOS/c1-2-13(17)9-11-8-12(16)5-6-15(11)19-10-14-4-3-7-18-14/h5-6,8,13-14H,2-4,7,9-10,17H2,1H3. The second-order valence-electron chi connectivity index (χ2n) is 5.07. The summed E-state index contributed by atoms with van der Waals surface area (Å²) in [7, 11) is 0. The third-order valence-corrected chi connectivity index (χ3v) is 4.96. The molecule has 1 fully saturated rings. The van der Waals surface area contributed by atoms with E-state index in [4.69, 9.17) is 22.1 Å². The maximum Gasteiger partial charge on any atom is 0.0669 e. The predicted molar refractivity (Wildman–Crippen MR) is 83.1 cm³/mol. The van der Waals surface area contributed by atoms with E-state index in [1.165, 1.54) is 23.3 Å². The summed E-state index contributed by atoms with van der Waals surface area (Å²) in [6.45, 7) is 3.04. The van der Waals surface area contributed by atoms with Crippen LogP contribution < -0.4 is 5.73 Å². The lowest BCUT2D eigenvalue weighted by atomic mass is 10.0. The van der Waals surface area contributed by atoms with Crippen LogP contribution in [0.4, 0.5) is 0 Å². The van der Waals surface area contributed by atoms with Gasteiger partial charge in [0.1, 0.15) is 0 Å². The smallest absolute Gasteiger partial charge is 0.0669 e. The molecule has 19 heavy (non-hydrogen) atoms. The summed E-state index contributed by atoms with van der Waals surface area (Å²) >= 11 is 7.96. The average Bonchev–Trinajstić information content (AvgIpc) is 2.91. The van der Waals surface area contributed by atoms with Gasteiger partial charge in [-0.05, 0) is 49.4 Å². The Labute approximate surface area is 125 Å². The average molecular weight is 300 g/mol. The fourth-order valence-electron chi connectivity index (χ4n) is 2.23. The maximum atomic E-state index is 6.10. The summed E-state index contributed by atoms with van der Waals surface area (Å²) in [4.78, 5) is 1.30. The fraction of sp³-hybridized carbons (Fsp3) is 0.600. The summed E-state index contributed by atoms with van der Waals surface area (Å²) in [5, 5.41) is 0.791. The Morgan fingerprint density at radius 2 is 2.37 bits per heavy atom. The zero-order valence-corrected chi connectivity index (χ0v) is 13.0. The summed E-state index contributed by atoms with van der Waals surface area (Å²) in [6.07, 6.45) is 4.67. The van der Waals surface area contributed by atoms with Crippen LogP contribution in [0, 0.1) is 0 Å². The fourth-order valence-corrected chi connectivity index (χ4v) is 3.55. The summed E-state index contributed by atoms with van der Waals surface area (Å²) in [5.74, 6) is 1.02. The predicted octanol–water partition coefficient (Wildman–Crippen LogP) is 3.89. The number of ether oxygens (including phenoxy) is 1. The van der Waals surface area contributed by atoms with Crippen molar-refractivity contribution in [2.24, 2.45) is 5.73 Å². The second kappa shape index (κ2) is 7.53. The monoisotopic (exact) mass is 299 g/mol. The second-order valence-corrected chi connectivity index (χ2v) is 6.57. The molecule has 2 N–H and O–H groups in total. The Morgan fingerprint density at radius 3 is 3.05 bits per heavy atom. The van der Waals surface area contributed by atoms with Gasteiger partial charge in [0.2, 0.25) is 0 Å². The third kappa shape index (κ3) is 4.67. The molecular formula is C15H22ClNOS. The van der Waals surface area contributed by atoms with Crippen LogP contribution in [-0.2, 0) is 11.2 Å². The van der Waals surface area contributed by atoms with Crippen molar-refractivity contribution >= 4 is 23.4 Å². The van der Waals surface area contributed by atoms with E-state index in [0.29, 0.717) is 6.10 Å². The molecule has 2 rings (SSSR count). The molecular weight excluding hydrogens is 278 g/mol. The normalized spacial score (nSPS) is 20.7. The topological polar surface area (TPSA) is 35.2 Å². The van der Waals surface area contributed by atoms with Gasteiger partial charge in [-0.25, -0.2) is 0 Å². The van der Waals surface area contributed by atoms with Crippen molar-refractivity contribution in [2.75, 3.05) is 12.4 Å². The van der Waals surface area contributed by atoms with Crippen LogP contribution in [0.25, 0.3) is 0 Å². The van der Waals surface area contributed by atoms with Gasteiger partial charge < -0.3 is 10.5 Å². The largest absolute Gasteiger partial charge is 0.377 e. The van der Waals surface area contributed by atoms with E-state index in [-0.39, 0.29) is 6.04 Å². The van der Waals surface area contributed by atoms with Gasteiger partial charge in [-0.3, -0.25) is 0 Å². The molecule has 0 aromatic heterocycles. The van der Waals surface area contributed by atoms with Crippen molar-refractivity contribution in [2.45, 2.75) is 49.6 Å². The first-order chi connectivity index (χ1) is 9.19. The van der Waals surface area contributed by atoms with Gasteiger partial charge in [0.05, 0.1) is 6.10 Å². The number of halogens is 1. The molecule has 1 aromatic rings. The summed E-state index contributed by atoms with van der Waals surface area (Å²) in [5.41, 5.74) is 7.33. The molecule has 0 spiro atoms. The third-order valence-electron chi connectivity index (χ3n) is 3.48. The van der Waals surface area contributed by atoms with Crippen molar-refractivity contribution in [1.82, 2.24) is 0 Å². The SMILES string of the molecule is CCC(N)Cc1cc(Cl)ccc1SCC1CCCO1. The minimum Gasteiger partial charge on any atom is -0.377 e. The van der Waals surface area contributed by atoms with Crippen molar-refractivity contribution in [3.05, 3.63) is 28.8 Å². The number of hydrogen-bond donors (Lipinski definition) is 1. The van der Waals surface area contributed by atoms with Crippen LogP contribution in [0.5, 0.6) is 0 Å². The Hall–Kier alpha value is -0.220. The number of thioether (sulfide) groups is 1. The van der Waals surface area contributed by atoms with Crippen molar-refractivity contribution in [3.8, 4) is 0 Å². The van der Waals surface area contributed by atoms with Gasteiger partial charge >= 0.3 is 0 Å². The van der Waals surface area contributed by atoms with E-state index in [1.807, 2.05) is 17.8 Å².